The first-order chi connectivity index (χ1) is 7.66. The van der Waals surface area contributed by atoms with Gasteiger partial charge >= 0.3 is 0 Å². The Balaban J connectivity index is 2.03. The number of rotatable bonds is 4. The van der Waals surface area contributed by atoms with Gasteiger partial charge in [0.1, 0.15) is 0 Å². The molecule has 1 aromatic rings. The summed E-state index contributed by atoms with van der Waals surface area (Å²) in [5, 5.41) is 0.648. The lowest BCUT2D eigenvalue weighted by atomic mass is 10.2. The van der Waals surface area contributed by atoms with Crippen LogP contribution in [0.2, 0.25) is 5.02 Å². The second-order valence-corrected chi connectivity index (χ2v) is 5.66. The Labute approximate surface area is 105 Å². The van der Waals surface area contributed by atoms with Crippen LogP contribution in [0, 0.1) is 5.92 Å². The van der Waals surface area contributed by atoms with Crippen molar-refractivity contribution in [1.82, 2.24) is 0 Å². The molecule has 0 atom stereocenters. The molecule has 0 fully saturated rings. The Hall–Kier alpha value is -0.540. The van der Waals surface area contributed by atoms with Crippen LogP contribution in [-0.4, -0.2) is 12.5 Å². The highest BCUT2D eigenvalue weighted by Gasteiger charge is 2.18. The van der Waals surface area contributed by atoms with E-state index in [2.05, 4.69) is 13.8 Å². The monoisotopic (exact) mass is 258 g/mol. The van der Waals surface area contributed by atoms with Gasteiger partial charge in [0.2, 0.25) is 6.79 Å². The summed E-state index contributed by atoms with van der Waals surface area (Å²) in [5.74, 6) is 4.29. The number of hydrogen-bond donors (Lipinski definition) is 0. The predicted molar refractivity (Wildman–Crippen MR) is 68.6 cm³/mol. The molecule has 0 aliphatic carbocycles. The zero-order valence-electron chi connectivity index (χ0n) is 9.46. The minimum absolute atomic E-state index is 0.275. The minimum Gasteiger partial charge on any atom is -0.454 e. The summed E-state index contributed by atoms with van der Waals surface area (Å²) in [6.45, 7) is 4.72. The average Bonchev–Trinajstić information content (AvgIpc) is 2.65. The van der Waals surface area contributed by atoms with Gasteiger partial charge in [-0.1, -0.05) is 25.4 Å². The third-order valence-corrected chi connectivity index (χ3v) is 3.93. The summed E-state index contributed by atoms with van der Waals surface area (Å²) in [5.41, 5.74) is 1.19. The molecule has 0 saturated heterocycles. The Morgan fingerprint density at radius 1 is 1.38 bits per heavy atom. The molecule has 16 heavy (non-hydrogen) atoms. The van der Waals surface area contributed by atoms with Crippen LogP contribution in [0.5, 0.6) is 11.5 Å². The Morgan fingerprint density at radius 2 is 2.19 bits per heavy atom. The largest absolute Gasteiger partial charge is 0.454 e. The lowest BCUT2D eigenvalue weighted by Gasteiger charge is -2.06. The van der Waals surface area contributed by atoms with Gasteiger partial charge in [-0.05, 0) is 29.4 Å². The van der Waals surface area contributed by atoms with Gasteiger partial charge in [0.05, 0.1) is 5.02 Å². The van der Waals surface area contributed by atoms with E-state index < -0.39 is 0 Å². The first-order valence-corrected chi connectivity index (χ1v) is 6.86. The summed E-state index contributed by atoms with van der Waals surface area (Å²) in [4.78, 5) is 0. The highest BCUT2D eigenvalue weighted by atomic mass is 35.5. The third-order valence-electron chi connectivity index (χ3n) is 2.21. The van der Waals surface area contributed by atoms with Crippen LogP contribution >= 0.6 is 23.4 Å². The molecule has 1 aliphatic rings. The van der Waals surface area contributed by atoms with E-state index in [9.17, 15) is 0 Å². The SMILES string of the molecule is CC(C)CSCc1cc(Cl)c2c(c1)OCO2. The van der Waals surface area contributed by atoms with Crippen molar-refractivity contribution in [2.24, 2.45) is 5.92 Å². The first-order valence-electron chi connectivity index (χ1n) is 5.32. The smallest absolute Gasteiger partial charge is 0.231 e. The minimum atomic E-state index is 0.275. The molecule has 4 heteroatoms. The van der Waals surface area contributed by atoms with Gasteiger partial charge in [-0.3, -0.25) is 0 Å². The zero-order chi connectivity index (χ0) is 11.5. The summed E-state index contributed by atoms with van der Waals surface area (Å²) in [7, 11) is 0. The van der Waals surface area contributed by atoms with Gasteiger partial charge in [0.15, 0.2) is 11.5 Å². The van der Waals surface area contributed by atoms with Crippen molar-refractivity contribution < 1.29 is 9.47 Å². The van der Waals surface area contributed by atoms with Crippen LogP contribution in [0.4, 0.5) is 0 Å². The van der Waals surface area contributed by atoms with Gasteiger partial charge in [-0.15, -0.1) is 0 Å². The van der Waals surface area contributed by atoms with Crippen molar-refractivity contribution >= 4 is 23.4 Å². The molecule has 88 valence electrons. The van der Waals surface area contributed by atoms with Gasteiger partial charge in [0, 0.05) is 5.75 Å². The van der Waals surface area contributed by atoms with Gasteiger partial charge < -0.3 is 9.47 Å². The maximum absolute atomic E-state index is 6.10. The Morgan fingerprint density at radius 3 is 2.94 bits per heavy atom. The van der Waals surface area contributed by atoms with Crippen molar-refractivity contribution in [3.05, 3.63) is 22.7 Å². The second kappa shape index (κ2) is 5.19. The first kappa shape index (κ1) is 11.9. The molecule has 0 N–H and O–H groups in total. The molecule has 2 rings (SSSR count). The third kappa shape index (κ3) is 2.77. The zero-order valence-corrected chi connectivity index (χ0v) is 11.0. The molecule has 0 saturated carbocycles. The fourth-order valence-electron chi connectivity index (χ4n) is 1.52. The fraction of sp³-hybridized carbons (Fsp3) is 0.500. The van der Waals surface area contributed by atoms with Crippen LogP contribution < -0.4 is 9.47 Å². The molecule has 1 aliphatic heterocycles. The predicted octanol–water partition coefficient (Wildman–Crippen LogP) is 3.96. The lowest BCUT2D eigenvalue weighted by molar-refractivity contribution is 0.174. The number of hydrogen-bond acceptors (Lipinski definition) is 3. The summed E-state index contributed by atoms with van der Waals surface area (Å²) >= 11 is 8.02. The van der Waals surface area contributed by atoms with Crippen molar-refractivity contribution in [1.29, 1.82) is 0 Å². The summed E-state index contributed by atoms with van der Waals surface area (Å²) in [6, 6.07) is 3.98. The van der Waals surface area contributed by atoms with E-state index >= 15 is 0 Å². The number of thioether (sulfide) groups is 1. The van der Waals surface area contributed by atoms with Crippen molar-refractivity contribution in [3.63, 3.8) is 0 Å². The van der Waals surface area contributed by atoms with E-state index in [0.29, 0.717) is 10.8 Å². The van der Waals surface area contributed by atoms with E-state index in [1.165, 1.54) is 5.56 Å². The second-order valence-electron chi connectivity index (χ2n) is 4.22. The average molecular weight is 259 g/mol. The normalized spacial score (nSPS) is 13.5. The number of halogens is 1. The maximum Gasteiger partial charge on any atom is 0.231 e. The molecule has 1 heterocycles. The number of benzene rings is 1. The van der Waals surface area contributed by atoms with E-state index in [1.54, 1.807) is 0 Å². The van der Waals surface area contributed by atoms with Crippen molar-refractivity contribution in [3.8, 4) is 11.5 Å². The van der Waals surface area contributed by atoms with Crippen molar-refractivity contribution in [2.75, 3.05) is 12.5 Å². The van der Waals surface area contributed by atoms with Crippen LogP contribution in [0.1, 0.15) is 19.4 Å². The number of fused-ring (bicyclic) bond motifs is 1. The van der Waals surface area contributed by atoms with E-state index in [-0.39, 0.29) is 6.79 Å². The highest BCUT2D eigenvalue weighted by Crippen LogP contribution is 2.40. The van der Waals surface area contributed by atoms with Gasteiger partial charge in [-0.25, -0.2) is 0 Å². The maximum atomic E-state index is 6.10. The quantitative estimate of drug-likeness (QED) is 0.815. The van der Waals surface area contributed by atoms with Crippen LogP contribution in [0.15, 0.2) is 12.1 Å². The van der Waals surface area contributed by atoms with E-state index in [0.717, 1.165) is 23.2 Å². The van der Waals surface area contributed by atoms with E-state index in [1.807, 2.05) is 23.9 Å². The molecule has 1 aromatic carbocycles. The topological polar surface area (TPSA) is 18.5 Å². The molecule has 2 nitrogen and oxygen atoms in total. The molecular formula is C12H15ClO2S. The van der Waals surface area contributed by atoms with Crippen molar-refractivity contribution in [2.45, 2.75) is 19.6 Å². The molecule has 0 bridgehead atoms. The standard InChI is InChI=1S/C12H15ClO2S/c1-8(2)5-16-6-9-3-10(13)12-11(4-9)14-7-15-12/h3-4,8H,5-7H2,1-2H3. The molecule has 0 amide bonds. The summed E-state index contributed by atoms with van der Waals surface area (Å²) in [6.07, 6.45) is 0. The Kier molecular flexibility index (Phi) is 3.87. The molecular weight excluding hydrogens is 244 g/mol. The Bertz CT molecular complexity index is 380. The number of ether oxygens (including phenoxy) is 2. The fourth-order valence-corrected chi connectivity index (χ4v) is 2.80. The van der Waals surface area contributed by atoms with Gasteiger partial charge in [-0.2, -0.15) is 11.8 Å². The lowest BCUT2D eigenvalue weighted by Crippen LogP contribution is -1.93. The van der Waals surface area contributed by atoms with Crippen LogP contribution in [0.3, 0.4) is 0 Å². The highest BCUT2D eigenvalue weighted by molar-refractivity contribution is 7.98. The molecule has 0 unspecified atom stereocenters. The van der Waals surface area contributed by atoms with Crippen LogP contribution in [-0.2, 0) is 5.75 Å². The van der Waals surface area contributed by atoms with E-state index in [4.69, 9.17) is 21.1 Å². The van der Waals surface area contributed by atoms with Crippen LogP contribution in [0.25, 0.3) is 0 Å². The molecule has 0 radical (unpaired) electrons. The summed E-state index contributed by atoms with van der Waals surface area (Å²) < 4.78 is 10.6. The molecule has 0 aromatic heterocycles. The van der Waals surface area contributed by atoms with Gasteiger partial charge in [0.25, 0.3) is 0 Å². The molecule has 0 spiro atoms.